The molecular formula is C14H21ClN4O. The number of hydrogen-bond donors (Lipinski definition) is 2. The van der Waals surface area contributed by atoms with Crippen molar-refractivity contribution < 1.29 is 4.84 Å². The van der Waals surface area contributed by atoms with Crippen LogP contribution in [-0.4, -0.2) is 38.3 Å². The van der Waals surface area contributed by atoms with E-state index in [0.717, 1.165) is 42.3 Å². The summed E-state index contributed by atoms with van der Waals surface area (Å²) in [6.45, 7) is 4.58. The van der Waals surface area contributed by atoms with Crippen LogP contribution in [0.3, 0.4) is 0 Å². The first kappa shape index (κ1) is 16.3. The van der Waals surface area contributed by atoms with Crippen molar-refractivity contribution in [2.45, 2.75) is 13.3 Å². The van der Waals surface area contributed by atoms with Gasteiger partial charge < -0.3 is 15.5 Å². The van der Waals surface area contributed by atoms with Crippen molar-refractivity contribution in [3.8, 4) is 0 Å². The zero-order valence-corrected chi connectivity index (χ0v) is 12.7. The Balaban J connectivity index is 0.00000200. The largest absolute Gasteiger partial charge is 0.399 e. The first-order valence-electron chi connectivity index (χ1n) is 6.55. The van der Waals surface area contributed by atoms with Crippen LogP contribution in [0.5, 0.6) is 0 Å². The van der Waals surface area contributed by atoms with Gasteiger partial charge in [-0.15, -0.1) is 12.4 Å². The fourth-order valence-corrected chi connectivity index (χ4v) is 2.05. The van der Waals surface area contributed by atoms with E-state index in [1.807, 2.05) is 24.3 Å². The molecule has 0 fully saturated rings. The molecular weight excluding hydrogens is 276 g/mol. The number of rotatable bonds is 6. The van der Waals surface area contributed by atoms with Crippen LogP contribution in [0.2, 0.25) is 0 Å². The molecule has 2 rings (SSSR count). The van der Waals surface area contributed by atoms with Gasteiger partial charge in [-0.25, -0.2) is 0 Å². The molecule has 0 saturated heterocycles. The maximum absolute atomic E-state index is 4.91. The van der Waals surface area contributed by atoms with Crippen LogP contribution in [0.25, 0.3) is 0 Å². The summed E-state index contributed by atoms with van der Waals surface area (Å²) in [7, 11) is 1.57. The maximum Gasteiger partial charge on any atom is 0.116 e. The molecule has 0 aromatic heterocycles. The number of hydrogen-bond acceptors (Lipinski definition) is 5. The Bertz CT molecular complexity index is 488. The lowest BCUT2D eigenvalue weighted by molar-refractivity contribution is 0.213. The second-order valence-corrected chi connectivity index (χ2v) is 4.23. The molecule has 6 heteroatoms. The Morgan fingerprint density at radius 3 is 2.90 bits per heavy atom. The molecule has 0 bridgehead atoms. The van der Waals surface area contributed by atoms with Crippen molar-refractivity contribution in [3.05, 3.63) is 29.8 Å². The smallest absolute Gasteiger partial charge is 0.116 e. The molecule has 0 saturated carbocycles. The van der Waals surface area contributed by atoms with Crippen molar-refractivity contribution in [1.82, 2.24) is 5.32 Å². The van der Waals surface area contributed by atoms with E-state index >= 15 is 0 Å². The van der Waals surface area contributed by atoms with Crippen LogP contribution in [-0.2, 0) is 4.84 Å². The Kier molecular flexibility index (Phi) is 6.87. The Morgan fingerprint density at radius 2 is 2.25 bits per heavy atom. The molecule has 0 radical (unpaired) electrons. The summed E-state index contributed by atoms with van der Waals surface area (Å²) >= 11 is 0. The first-order valence-corrected chi connectivity index (χ1v) is 6.55. The molecule has 110 valence electrons. The fourth-order valence-electron chi connectivity index (χ4n) is 2.05. The van der Waals surface area contributed by atoms with E-state index in [9.17, 15) is 0 Å². The van der Waals surface area contributed by atoms with Crippen LogP contribution >= 0.6 is 12.4 Å². The van der Waals surface area contributed by atoms with Gasteiger partial charge in [0, 0.05) is 17.8 Å². The van der Waals surface area contributed by atoms with Gasteiger partial charge >= 0.3 is 0 Å². The fraction of sp³-hybridized carbons (Fsp3) is 0.429. The van der Waals surface area contributed by atoms with Crippen LogP contribution < -0.4 is 10.6 Å². The monoisotopic (exact) mass is 296 g/mol. The summed E-state index contributed by atoms with van der Waals surface area (Å²) in [4.78, 5) is 9.28. The maximum atomic E-state index is 4.91. The topological polar surface area (TPSA) is 58.0 Å². The minimum absolute atomic E-state index is 0. The van der Waals surface area contributed by atoms with Crippen LogP contribution in [0.4, 0.5) is 5.69 Å². The summed E-state index contributed by atoms with van der Waals surface area (Å²) < 4.78 is 0. The highest BCUT2D eigenvalue weighted by Gasteiger charge is 2.10. The number of benzene rings is 1. The van der Waals surface area contributed by atoms with Gasteiger partial charge in [0.15, 0.2) is 0 Å². The zero-order valence-electron chi connectivity index (χ0n) is 11.8. The normalized spacial score (nSPS) is 14.1. The Morgan fingerprint density at radius 1 is 1.45 bits per heavy atom. The molecule has 5 nitrogen and oxygen atoms in total. The number of anilines is 1. The zero-order chi connectivity index (χ0) is 13.5. The highest BCUT2D eigenvalue weighted by molar-refractivity contribution is 6.05. The molecule has 2 N–H and O–H groups in total. The summed E-state index contributed by atoms with van der Waals surface area (Å²) in [6, 6.07) is 8.11. The van der Waals surface area contributed by atoms with E-state index in [1.54, 1.807) is 7.11 Å². The lowest BCUT2D eigenvalue weighted by Gasteiger charge is -2.12. The van der Waals surface area contributed by atoms with Crippen molar-refractivity contribution in [2.24, 2.45) is 10.1 Å². The van der Waals surface area contributed by atoms with E-state index < -0.39 is 0 Å². The van der Waals surface area contributed by atoms with Crippen LogP contribution in [0.15, 0.2) is 34.4 Å². The lowest BCUT2D eigenvalue weighted by atomic mass is 10.1. The van der Waals surface area contributed by atoms with Crippen molar-refractivity contribution in [2.75, 3.05) is 32.1 Å². The van der Waals surface area contributed by atoms with E-state index in [0.29, 0.717) is 6.54 Å². The number of oxime groups is 1. The molecule has 1 aliphatic heterocycles. The molecule has 0 unspecified atom stereocenters. The van der Waals surface area contributed by atoms with Gasteiger partial charge in [0.05, 0.1) is 18.8 Å². The van der Waals surface area contributed by atoms with Crippen LogP contribution in [0.1, 0.15) is 18.9 Å². The molecule has 1 heterocycles. The third kappa shape index (κ3) is 4.13. The minimum Gasteiger partial charge on any atom is -0.399 e. The molecule has 1 aromatic rings. The minimum atomic E-state index is 0. The van der Waals surface area contributed by atoms with Crippen molar-refractivity contribution in [3.63, 3.8) is 0 Å². The second kappa shape index (κ2) is 8.43. The summed E-state index contributed by atoms with van der Waals surface area (Å²) in [5.74, 6) is 1.01. The molecule has 0 spiro atoms. The third-order valence-corrected chi connectivity index (χ3v) is 2.96. The van der Waals surface area contributed by atoms with Crippen molar-refractivity contribution >= 4 is 29.6 Å². The van der Waals surface area contributed by atoms with Gasteiger partial charge in [-0.2, -0.15) is 0 Å². The van der Waals surface area contributed by atoms with E-state index in [1.165, 1.54) is 0 Å². The number of para-hydroxylation sites is 1. The Labute approximate surface area is 125 Å². The molecule has 0 atom stereocenters. The summed E-state index contributed by atoms with van der Waals surface area (Å²) in [5.41, 5.74) is 3.06. The highest BCUT2D eigenvalue weighted by Crippen LogP contribution is 2.17. The number of nitrogens with zero attached hydrogens (tertiary/aromatic N) is 2. The van der Waals surface area contributed by atoms with E-state index in [4.69, 9.17) is 4.84 Å². The first-order chi connectivity index (χ1) is 9.35. The molecule has 20 heavy (non-hydrogen) atoms. The SMILES string of the molecule is CCC(=NOC)c1ccccc1NCC1=NCCN1.Cl. The van der Waals surface area contributed by atoms with Gasteiger partial charge in [0.2, 0.25) is 0 Å². The Hall–Kier alpha value is -1.75. The molecule has 0 aliphatic carbocycles. The number of nitrogens with one attached hydrogen (secondary N) is 2. The van der Waals surface area contributed by atoms with Gasteiger partial charge in [-0.3, -0.25) is 4.99 Å². The number of amidine groups is 1. The number of halogens is 1. The average molecular weight is 297 g/mol. The average Bonchev–Trinajstić information content (AvgIpc) is 2.96. The van der Waals surface area contributed by atoms with E-state index in [-0.39, 0.29) is 12.4 Å². The lowest BCUT2D eigenvalue weighted by Crippen LogP contribution is -2.26. The second-order valence-electron chi connectivity index (χ2n) is 4.23. The van der Waals surface area contributed by atoms with Crippen LogP contribution in [0, 0.1) is 0 Å². The van der Waals surface area contributed by atoms with Gasteiger partial charge in [-0.05, 0) is 12.5 Å². The predicted molar refractivity (Wildman–Crippen MR) is 86.3 cm³/mol. The van der Waals surface area contributed by atoms with Gasteiger partial charge in [0.25, 0.3) is 0 Å². The summed E-state index contributed by atoms with van der Waals surface area (Å²) in [5, 5.41) is 10.7. The highest BCUT2D eigenvalue weighted by atomic mass is 35.5. The van der Waals surface area contributed by atoms with Gasteiger partial charge in [-0.1, -0.05) is 30.3 Å². The molecule has 0 amide bonds. The predicted octanol–water partition coefficient (Wildman–Crippen LogP) is 2.28. The molecule has 1 aliphatic rings. The van der Waals surface area contributed by atoms with Gasteiger partial charge in [0.1, 0.15) is 12.9 Å². The number of aliphatic imine (C=N–C) groups is 1. The summed E-state index contributed by atoms with van der Waals surface area (Å²) in [6.07, 6.45) is 0.825. The standard InChI is InChI=1S/C14H20N4O.ClH/c1-3-12(18-19-2)11-6-4-5-7-13(11)17-10-14-15-8-9-16-14;/h4-7,17H,3,8-10H2,1-2H3,(H,15,16);1H. The van der Waals surface area contributed by atoms with Crippen molar-refractivity contribution in [1.29, 1.82) is 0 Å². The quantitative estimate of drug-likeness (QED) is 0.625. The molecule has 1 aromatic carbocycles. The third-order valence-electron chi connectivity index (χ3n) is 2.96. The van der Waals surface area contributed by atoms with E-state index in [2.05, 4.69) is 27.7 Å².